The highest BCUT2D eigenvalue weighted by molar-refractivity contribution is 9.12. The average Bonchev–Trinajstić information content (AvgIpc) is 1.88. The van der Waals surface area contributed by atoms with E-state index < -0.39 is 0 Å². The summed E-state index contributed by atoms with van der Waals surface area (Å²) in [5.41, 5.74) is 1.04. The predicted molar refractivity (Wildman–Crippen MR) is 50.6 cm³/mol. The lowest BCUT2D eigenvalue weighted by Gasteiger charge is -2.16. The number of carbonyl (C=O) groups excluding carboxylic acids is 1. The van der Waals surface area contributed by atoms with Crippen molar-refractivity contribution >= 4 is 21.7 Å². The Balaban J connectivity index is 4.68. The lowest BCUT2D eigenvalue weighted by Crippen LogP contribution is -2.13. The molecule has 0 heterocycles. The van der Waals surface area contributed by atoms with Gasteiger partial charge in [-0.2, -0.15) is 0 Å². The minimum atomic E-state index is 0.0792. The number of hydrogen-bond donors (Lipinski definition) is 0. The molecule has 0 fully saturated rings. The van der Waals surface area contributed by atoms with Gasteiger partial charge in [0, 0.05) is 19.8 Å². The van der Waals surface area contributed by atoms with Crippen LogP contribution in [0.1, 0.15) is 20.3 Å². The number of Topliss-reactive ketones (excluding diaryl/α,β-unsaturated/α-hetero) is 1. The third-order valence-corrected chi connectivity index (χ3v) is 2.45. The molecule has 0 aliphatic carbocycles. The molecule has 0 saturated carbocycles. The third kappa shape index (κ3) is 3.06. The van der Waals surface area contributed by atoms with E-state index in [2.05, 4.69) is 15.9 Å². The van der Waals surface area contributed by atoms with Crippen molar-refractivity contribution in [3.63, 3.8) is 0 Å². The zero-order valence-electron chi connectivity index (χ0n) is 7.44. The van der Waals surface area contributed by atoms with E-state index in [1.165, 1.54) is 0 Å². The van der Waals surface area contributed by atoms with Gasteiger partial charge in [0.1, 0.15) is 0 Å². The standard InChI is InChI=1S/C8H14BrNO/c1-5-7(10(3)4)8(9)6(2)11/h5H2,1-4H3/b8-7+. The molecule has 0 bridgehead atoms. The fourth-order valence-corrected chi connectivity index (χ4v) is 1.51. The van der Waals surface area contributed by atoms with Crippen LogP contribution in [-0.4, -0.2) is 24.8 Å². The molecule has 0 atom stereocenters. The van der Waals surface area contributed by atoms with Crippen LogP contribution in [0.5, 0.6) is 0 Å². The highest BCUT2D eigenvalue weighted by atomic mass is 79.9. The summed E-state index contributed by atoms with van der Waals surface area (Å²) in [5.74, 6) is 0.0792. The smallest absolute Gasteiger partial charge is 0.168 e. The molecule has 0 aromatic heterocycles. The number of ketones is 1. The van der Waals surface area contributed by atoms with Crippen molar-refractivity contribution in [2.75, 3.05) is 14.1 Å². The number of rotatable bonds is 3. The SMILES string of the molecule is CC/C(=C(\Br)C(C)=O)N(C)C. The van der Waals surface area contributed by atoms with E-state index in [9.17, 15) is 4.79 Å². The zero-order valence-corrected chi connectivity index (χ0v) is 9.03. The molecule has 0 N–H and O–H groups in total. The van der Waals surface area contributed by atoms with Crippen molar-refractivity contribution in [2.24, 2.45) is 0 Å². The first kappa shape index (κ1) is 10.7. The first-order chi connectivity index (χ1) is 5.00. The van der Waals surface area contributed by atoms with Crippen LogP contribution < -0.4 is 0 Å². The number of halogens is 1. The summed E-state index contributed by atoms with van der Waals surface area (Å²) in [4.78, 5) is 12.9. The molecule has 11 heavy (non-hydrogen) atoms. The Morgan fingerprint density at radius 1 is 1.45 bits per heavy atom. The fraction of sp³-hybridized carbons (Fsp3) is 0.625. The van der Waals surface area contributed by atoms with E-state index in [0.29, 0.717) is 4.48 Å². The largest absolute Gasteiger partial charge is 0.380 e. The average molecular weight is 220 g/mol. The van der Waals surface area contributed by atoms with E-state index in [1.807, 2.05) is 25.9 Å². The summed E-state index contributed by atoms with van der Waals surface area (Å²) < 4.78 is 0.685. The topological polar surface area (TPSA) is 20.3 Å². The molecule has 0 rings (SSSR count). The second-order valence-electron chi connectivity index (χ2n) is 2.56. The summed E-state index contributed by atoms with van der Waals surface area (Å²) in [7, 11) is 3.87. The van der Waals surface area contributed by atoms with Crippen molar-refractivity contribution in [3.8, 4) is 0 Å². The molecule has 0 aromatic carbocycles. The van der Waals surface area contributed by atoms with E-state index in [1.54, 1.807) is 6.92 Å². The Labute approximate surface area is 76.4 Å². The van der Waals surface area contributed by atoms with E-state index in [0.717, 1.165) is 12.1 Å². The second-order valence-corrected chi connectivity index (χ2v) is 3.36. The Kier molecular flexibility index (Phi) is 4.42. The number of hydrogen-bond acceptors (Lipinski definition) is 2. The van der Waals surface area contributed by atoms with Gasteiger partial charge in [-0.05, 0) is 29.3 Å². The van der Waals surface area contributed by atoms with Crippen molar-refractivity contribution in [1.82, 2.24) is 4.90 Å². The summed E-state index contributed by atoms with van der Waals surface area (Å²) in [5, 5.41) is 0. The van der Waals surface area contributed by atoms with Gasteiger partial charge < -0.3 is 4.90 Å². The van der Waals surface area contributed by atoms with Gasteiger partial charge in [-0.15, -0.1) is 0 Å². The maximum Gasteiger partial charge on any atom is 0.168 e. The summed E-state index contributed by atoms with van der Waals surface area (Å²) >= 11 is 3.26. The van der Waals surface area contributed by atoms with Gasteiger partial charge in [0.15, 0.2) is 5.78 Å². The zero-order chi connectivity index (χ0) is 9.02. The molecule has 0 amide bonds. The molecule has 2 nitrogen and oxygen atoms in total. The van der Waals surface area contributed by atoms with Crippen LogP contribution in [0.2, 0.25) is 0 Å². The van der Waals surface area contributed by atoms with Gasteiger partial charge >= 0.3 is 0 Å². The summed E-state index contributed by atoms with van der Waals surface area (Å²) in [6.07, 6.45) is 0.868. The van der Waals surface area contributed by atoms with Crippen LogP contribution in [0, 0.1) is 0 Å². The minimum Gasteiger partial charge on any atom is -0.380 e. The van der Waals surface area contributed by atoms with Crippen LogP contribution >= 0.6 is 15.9 Å². The van der Waals surface area contributed by atoms with Crippen LogP contribution in [-0.2, 0) is 4.79 Å². The minimum absolute atomic E-state index is 0.0792. The molecular weight excluding hydrogens is 206 g/mol. The molecule has 0 radical (unpaired) electrons. The molecular formula is C8H14BrNO. The van der Waals surface area contributed by atoms with Crippen LogP contribution in [0.4, 0.5) is 0 Å². The van der Waals surface area contributed by atoms with Crippen molar-refractivity contribution < 1.29 is 4.79 Å². The maximum atomic E-state index is 10.9. The van der Waals surface area contributed by atoms with Gasteiger partial charge in [-0.1, -0.05) is 6.92 Å². The summed E-state index contributed by atoms with van der Waals surface area (Å²) in [6.45, 7) is 3.59. The van der Waals surface area contributed by atoms with Crippen molar-refractivity contribution in [1.29, 1.82) is 0 Å². The van der Waals surface area contributed by atoms with Crippen molar-refractivity contribution in [3.05, 3.63) is 10.2 Å². The van der Waals surface area contributed by atoms with Gasteiger partial charge in [0.05, 0.1) is 4.48 Å². The van der Waals surface area contributed by atoms with Gasteiger partial charge in [-0.25, -0.2) is 0 Å². The normalized spacial score (nSPS) is 12.5. The second kappa shape index (κ2) is 4.54. The first-order valence-electron chi connectivity index (χ1n) is 3.57. The third-order valence-electron chi connectivity index (χ3n) is 1.44. The van der Waals surface area contributed by atoms with Crippen LogP contribution in [0.15, 0.2) is 10.2 Å². The molecule has 0 unspecified atom stereocenters. The maximum absolute atomic E-state index is 10.9. The Bertz CT molecular complexity index is 185. The van der Waals surface area contributed by atoms with E-state index in [4.69, 9.17) is 0 Å². The molecule has 0 saturated heterocycles. The molecule has 0 aliphatic heterocycles. The number of allylic oxidation sites excluding steroid dienone is 2. The van der Waals surface area contributed by atoms with Gasteiger partial charge in [0.25, 0.3) is 0 Å². The molecule has 3 heteroatoms. The highest BCUT2D eigenvalue weighted by Crippen LogP contribution is 2.17. The predicted octanol–water partition coefficient (Wildman–Crippen LogP) is 2.15. The quantitative estimate of drug-likeness (QED) is 0.679. The van der Waals surface area contributed by atoms with E-state index >= 15 is 0 Å². The van der Waals surface area contributed by atoms with Gasteiger partial charge in [0.2, 0.25) is 0 Å². The van der Waals surface area contributed by atoms with Gasteiger partial charge in [-0.3, -0.25) is 4.79 Å². The lowest BCUT2D eigenvalue weighted by molar-refractivity contribution is -0.113. The summed E-state index contributed by atoms with van der Waals surface area (Å²) in [6, 6.07) is 0. The fourth-order valence-electron chi connectivity index (χ4n) is 0.871. The highest BCUT2D eigenvalue weighted by Gasteiger charge is 2.07. The van der Waals surface area contributed by atoms with Crippen LogP contribution in [0.3, 0.4) is 0 Å². The molecule has 0 aliphatic rings. The Morgan fingerprint density at radius 2 is 1.91 bits per heavy atom. The van der Waals surface area contributed by atoms with Crippen molar-refractivity contribution in [2.45, 2.75) is 20.3 Å². The molecule has 0 aromatic rings. The lowest BCUT2D eigenvalue weighted by atomic mass is 10.2. The first-order valence-corrected chi connectivity index (χ1v) is 4.36. The number of nitrogens with zero attached hydrogens (tertiary/aromatic N) is 1. The molecule has 64 valence electrons. The monoisotopic (exact) mass is 219 g/mol. The number of carbonyl (C=O) groups is 1. The Hall–Kier alpha value is -0.310. The van der Waals surface area contributed by atoms with Crippen LogP contribution in [0.25, 0.3) is 0 Å². The molecule has 0 spiro atoms. The van der Waals surface area contributed by atoms with E-state index in [-0.39, 0.29) is 5.78 Å². The Morgan fingerprint density at radius 3 is 2.00 bits per heavy atom.